The van der Waals surface area contributed by atoms with Crippen LogP contribution in [0, 0.1) is 5.92 Å². The first-order valence-electron chi connectivity index (χ1n) is 10.4. The Labute approximate surface area is 173 Å². The van der Waals surface area contributed by atoms with Gasteiger partial charge in [0.05, 0.1) is 4.90 Å². The third-order valence-corrected chi connectivity index (χ3v) is 8.14. The molecule has 1 saturated heterocycles. The van der Waals surface area contributed by atoms with E-state index in [2.05, 4.69) is 6.92 Å². The standard InChI is InChI=1S/C21H31N3O4S/c1-5-23(6-2)29(27,28)18-7-8-19-17(13-18)14-20(24(19)16(4)25)21(26)22-11-9-15(3)10-12-22/h7-8,13,15,20H,5-6,9-12,14H2,1-4H3. The lowest BCUT2D eigenvalue weighted by Crippen LogP contribution is -2.51. The summed E-state index contributed by atoms with van der Waals surface area (Å²) in [5.74, 6) is 0.361. The van der Waals surface area contributed by atoms with Gasteiger partial charge in [0.25, 0.3) is 0 Å². The number of rotatable bonds is 5. The number of amides is 2. The Hall–Kier alpha value is -1.93. The number of carbonyl (C=O) groups is 2. The highest BCUT2D eigenvalue weighted by Crippen LogP contribution is 2.36. The largest absolute Gasteiger partial charge is 0.341 e. The van der Waals surface area contributed by atoms with Crippen LogP contribution in [0.5, 0.6) is 0 Å². The van der Waals surface area contributed by atoms with E-state index in [1.807, 2.05) is 4.90 Å². The Morgan fingerprint density at radius 3 is 2.31 bits per heavy atom. The van der Waals surface area contributed by atoms with Gasteiger partial charge in [-0.3, -0.25) is 14.5 Å². The fraction of sp³-hybridized carbons (Fsp3) is 0.619. The highest BCUT2D eigenvalue weighted by Gasteiger charge is 2.40. The third kappa shape index (κ3) is 4.05. The number of carbonyl (C=O) groups excluding carboxylic acids is 2. The van der Waals surface area contributed by atoms with Crippen LogP contribution >= 0.6 is 0 Å². The molecule has 0 spiro atoms. The number of hydrogen-bond acceptors (Lipinski definition) is 4. The zero-order valence-corrected chi connectivity index (χ0v) is 18.5. The number of benzene rings is 1. The van der Waals surface area contributed by atoms with Crippen molar-refractivity contribution in [1.29, 1.82) is 0 Å². The number of fused-ring (bicyclic) bond motifs is 1. The second-order valence-corrected chi connectivity index (χ2v) is 9.93. The van der Waals surface area contributed by atoms with Gasteiger partial charge in [-0.1, -0.05) is 20.8 Å². The predicted octanol–water partition coefficient (Wildman–Crippen LogP) is 2.25. The van der Waals surface area contributed by atoms with Crippen molar-refractivity contribution >= 4 is 27.5 Å². The van der Waals surface area contributed by atoms with Crippen molar-refractivity contribution < 1.29 is 18.0 Å². The van der Waals surface area contributed by atoms with Crippen LogP contribution in [0.4, 0.5) is 5.69 Å². The number of likely N-dealkylation sites (tertiary alicyclic amines) is 1. The molecule has 2 heterocycles. The molecule has 160 valence electrons. The highest BCUT2D eigenvalue weighted by molar-refractivity contribution is 7.89. The molecular formula is C21H31N3O4S. The molecule has 0 bridgehead atoms. The van der Waals surface area contributed by atoms with Crippen molar-refractivity contribution in [1.82, 2.24) is 9.21 Å². The van der Waals surface area contributed by atoms with E-state index in [0.29, 0.717) is 44.2 Å². The van der Waals surface area contributed by atoms with Crippen molar-refractivity contribution in [3.05, 3.63) is 23.8 Å². The zero-order chi connectivity index (χ0) is 21.3. The maximum atomic E-state index is 13.2. The van der Waals surface area contributed by atoms with Crippen molar-refractivity contribution in [3.8, 4) is 0 Å². The fourth-order valence-corrected chi connectivity index (χ4v) is 5.84. The monoisotopic (exact) mass is 421 g/mol. The summed E-state index contributed by atoms with van der Waals surface area (Å²) < 4.78 is 27.2. The Kier molecular flexibility index (Phi) is 6.33. The number of anilines is 1. The van der Waals surface area contributed by atoms with Crippen molar-refractivity contribution in [2.45, 2.75) is 57.9 Å². The van der Waals surface area contributed by atoms with Gasteiger partial charge >= 0.3 is 0 Å². The maximum absolute atomic E-state index is 13.2. The predicted molar refractivity (Wildman–Crippen MR) is 112 cm³/mol. The quantitative estimate of drug-likeness (QED) is 0.731. The van der Waals surface area contributed by atoms with E-state index in [-0.39, 0.29) is 16.7 Å². The lowest BCUT2D eigenvalue weighted by molar-refractivity contribution is -0.135. The van der Waals surface area contributed by atoms with Gasteiger partial charge in [-0.05, 0) is 42.5 Å². The first kappa shape index (κ1) is 21.8. The molecule has 0 saturated carbocycles. The van der Waals surface area contributed by atoms with Crippen LogP contribution in [-0.2, 0) is 26.0 Å². The Morgan fingerprint density at radius 1 is 1.14 bits per heavy atom. The first-order chi connectivity index (χ1) is 13.7. The summed E-state index contributed by atoms with van der Waals surface area (Å²) in [5, 5.41) is 0. The number of nitrogens with zero attached hydrogens (tertiary/aromatic N) is 3. The van der Waals surface area contributed by atoms with Gasteiger partial charge in [0.1, 0.15) is 6.04 Å². The molecular weight excluding hydrogens is 390 g/mol. The van der Waals surface area contributed by atoms with Gasteiger partial charge in [0.2, 0.25) is 21.8 Å². The SMILES string of the molecule is CCN(CC)S(=O)(=O)c1ccc2c(c1)CC(C(=O)N1CCC(C)CC1)N2C(C)=O. The molecule has 7 nitrogen and oxygen atoms in total. The minimum atomic E-state index is -3.59. The molecule has 1 aromatic carbocycles. The maximum Gasteiger partial charge on any atom is 0.246 e. The van der Waals surface area contributed by atoms with Crippen molar-refractivity contribution in [3.63, 3.8) is 0 Å². The molecule has 1 fully saturated rings. The minimum absolute atomic E-state index is 0.0450. The molecule has 1 aromatic rings. The highest BCUT2D eigenvalue weighted by atomic mass is 32.2. The Morgan fingerprint density at radius 2 is 1.76 bits per heavy atom. The Bertz CT molecular complexity index is 887. The summed E-state index contributed by atoms with van der Waals surface area (Å²) in [7, 11) is -3.59. The van der Waals surface area contributed by atoms with Crippen LogP contribution in [-0.4, -0.2) is 61.7 Å². The number of piperidine rings is 1. The molecule has 0 aromatic heterocycles. The summed E-state index contributed by atoms with van der Waals surface area (Å²) in [6.45, 7) is 9.45. The molecule has 0 aliphatic carbocycles. The van der Waals surface area contributed by atoms with E-state index in [0.717, 1.165) is 18.4 Å². The van der Waals surface area contributed by atoms with Crippen LogP contribution in [0.15, 0.2) is 23.1 Å². The number of sulfonamides is 1. The molecule has 0 N–H and O–H groups in total. The van der Waals surface area contributed by atoms with Gasteiger partial charge in [-0.15, -0.1) is 0 Å². The molecule has 3 rings (SSSR count). The van der Waals surface area contributed by atoms with E-state index in [1.54, 1.807) is 26.0 Å². The average Bonchev–Trinajstić information content (AvgIpc) is 3.07. The zero-order valence-electron chi connectivity index (χ0n) is 17.7. The summed E-state index contributed by atoms with van der Waals surface area (Å²) in [6, 6.07) is 4.24. The fourth-order valence-electron chi connectivity index (χ4n) is 4.33. The molecule has 1 unspecified atom stereocenters. The summed E-state index contributed by atoms with van der Waals surface area (Å²) >= 11 is 0. The lowest BCUT2D eigenvalue weighted by atomic mass is 9.98. The molecule has 1 atom stereocenters. The van der Waals surface area contributed by atoms with E-state index >= 15 is 0 Å². The van der Waals surface area contributed by atoms with Gasteiger partial charge in [-0.2, -0.15) is 4.31 Å². The molecule has 29 heavy (non-hydrogen) atoms. The third-order valence-electron chi connectivity index (χ3n) is 6.10. The van der Waals surface area contributed by atoms with Crippen molar-refractivity contribution in [2.75, 3.05) is 31.1 Å². The Balaban J connectivity index is 1.91. The van der Waals surface area contributed by atoms with Gasteiger partial charge in [0, 0.05) is 45.2 Å². The van der Waals surface area contributed by atoms with E-state index < -0.39 is 16.1 Å². The number of hydrogen-bond donors (Lipinski definition) is 0. The van der Waals surface area contributed by atoms with Crippen LogP contribution in [0.2, 0.25) is 0 Å². The molecule has 2 aliphatic rings. The molecule has 2 amide bonds. The average molecular weight is 422 g/mol. The van der Waals surface area contributed by atoms with Gasteiger partial charge in [-0.25, -0.2) is 8.42 Å². The minimum Gasteiger partial charge on any atom is -0.341 e. The normalized spacial score (nSPS) is 20.2. The molecule has 2 aliphatic heterocycles. The summed E-state index contributed by atoms with van der Waals surface area (Å²) in [4.78, 5) is 29.1. The van der Waals surface area contributed by atoms with Crippen LogP contribution < -0.4 is 4.90 Å². The molecule has 0 radical (unpaired) electrons. The summed E-state index contributed by atoms with van der Waals surface area (Å²) in [5.41, 5.74) is 1.37. The van der Waals surface area contributed by atoms with Crippen LogP contribution in [0.3, 0.4) is 0 Å². The second-order valence-electron chi connectivity index (χ2n) is 8.00. The summed E-state index contributed by atoms with van der Waals surface area (Å²) in [6.07, 6.45) is 2.29. The van der Waals surface area contributed by atoms with Gasteiger partial charge in [0.15, 0.2) is 0 Å². The van der Waals surface area contributed by atoms with Crippen LogP contribution in [0.1, 0.15) is 46.1 Å². The van der Waals surface area contributed by atoms with E-state index in [9.17, 15) is 18.0 Å². The second kappa shape index (κ2) is 8.44. The lowest BCUT2D eigenvalue weighted by Gasteiger charge is -2.34. The first-order valence-corrected chi connectivity index (χ1v) is 11.9. The smallest absolute Gasteiger partial charge is 0.246 e. The van der Waals surface area contributed by atoms with Gasteiger partial charge < -0.3 is 4.90 Å². The van der Waals surface area contributed by atoms with E-state index in [1.165, 1.54) is 22.2 Å². The molecule has 8 heteroatoms. The van der Waals surface area contributed by atoms with E-state index in [4.69, 9.17) is 0 Å². The van der Waals surface area contributed by atoms with Crippen molar-refractivity contribution in [2.24, 2.45) is 5.92 Å². The topological polar surface area (TPSA) is 78.0 Å². The van der Waals surface area contributed by atoms with Crippen LogP contribution in [0.25, 0.3) is 0 Å².